The van der Waals surface area contributed by atoms with Crippen molar-refractivity contribution in [3.8, 4) is 5.69 Å². The van der Waals surface area contributed by atoms with Gasteiger partial charge in [-0.3, -0.25) is 19.1 Å². The van der Waals surface area contributed by atoms with Crippen LogP contribution in [0.2, 0.25) is 0 Å². The summed E-state index contributed by atoms with van der Waals surface area (Å²) in [4.78, 5) is 29.7. The van der Waals surface area contributed by atoms with Crippen LogP contribution in [-0.2, 0) is 0 Å². The van der Waals surface area contributed by atoms with E-state index in [1.807, 2.05) is 24.3 Å². The van der Waals surface area contributed by atoms with E-state index in [0.717, 1.165) is 5.56 Å². The Bertz CT molecular complexity index is 1060. The van der Waals surface area contributed by atoms with Gasteiger partial charge < -0.3 is 10.4 Å². The van der Waals surface area contributed by atoms with Crippen LogP contribution in [0, 0.1) is 6.92 Å². The van der Waals surface area contributed by atoms with Gasteiger partial charge in [0.2, 0.25) is 0 Å². The summed E-state index contributed by atoms with van der Waals surface area (Å²) in [5.41, 5.74) is 2.69. The van der Waals surface area contributed by atoms with Crippen LogP contribution < -0.4 is 10.9 Å². The molecule has 0 spiro atoms. The molecule has 6 nitrogen and oxygen atoms in total. The smallest absolute Gasteiger partial charge is 0.268 e. The minimum Gasteiger partial charge on any atom is -0.387 e. The van der Waals surface area contributed by atoms with Crippen LogP contribution >= 0.6 is 0 Å². The van der Waals surface area contributed by atoms with E-state index < -0.39 is 12.0 Å². The van der Waals surface area contributed by atoms with Gasteiger partial charge in [0.05, 0.1) is 6.10 Å². The SMILES string of the molecule is Cc1ccn(-c2cccc(C(C)C)c2)c(=O)c1C(=O)NCC(O)c1cccnc1. The fraction of sp³-hybridized carbons (Fsp3) is 0.261. The third kappa shape index (κ3) is 4.60. The Morgan fingerprint density at radius 1 is 1.17 bits per heavy atom. The highest BCUT2D eigenvalue weighted by Gasteiger charge is 2.18. The third-order valence-electron chi connectivity index (χ3n) is 4.87. The average molecular weight is 391 g/mol. The first-order chi connectivity index (χ1) is 13.9. The van der Waals surface area contributed by atoms with Crippen LogP contribution in [-0.4, -0.2) is 27.1 Å². The second-order valence-electron chi connectivity index (χ2n) is 7.31. The number of benzene rings is 1. The fourth-order valence-corrected chi connectivity index (χ4v) is 3.11. The Balaban J connectivity index is 1.86. The van der Waals surface area contributed by atoms with Gasteiger partial charge in [-0.1, -0.05) is 32.0 Å². The summed E-state index contributed by atoms with van der Waals surface area (Å²) >= 11 is 0. The summed E-state index contributed by atoms with van der Waals surface area (Å²) in [6.07, 6.45) is 3.93. The maximum absolute atomic E-state index is 13.1. The summed E-state index contributed by atoms with van der Waals surface area (Å²) in [6.45, 7) is 5.89. The van der Waals surface area contributed by atoms with E-state index in [-0.39, 0.29) is 17.7 Å². The minimum atomic E-state index is -0.901. The molecule has 1 atom stereocenters. The zero-order valence-electron chi connectivity index (χ0n) is 16.8. The number of amides is 1. The van der Waals surface area contributed by atoms with Crippen LogP contribution in [0.4, 0.5) is 0 Å². The third-order valence-corrected chi connectivity index (χ3v) is 4.87. The molecule has 1 unspecified atom stereocenters. The summed E-state index contributed by atoms with van der Waals surface area (Å²) in [5.74, 6) is -0.183. The standard InChI is InChI=1S/C23H25N3O3/c1-15(2)17-6-4-8-19(12-17)26-11-9-16(3)21(23(26)29)22(28)25-14-20(27)18-7-5-10-24-13-18/h4-13,15,20,27H,14H2,1-3H3,(H,25,28). The van der Waals surface area contributed by atoms with Gasteiger partial charge in [0.1, 0.15) is 5.56 Å². The molecule has 2 heterocycles. The van der Waals surface area contributed by atoms with Crippen LogP contribution in [0.15, 0.2) is 65.8 Å². The number of aliphatic hydroxyl groups is 1. The van der Waals surface area contributed by atoms with Crippen LogP contribution in [0.25, 0.3) is 5.69 Å². The topological polar surface area (TPSA) is 84.2 Å². The van der Waals surface area contributed by atoms with Crippen molar-refractivity contribution in [3.63, 3.8) is 0 Å². The lowest BCUT2D eigenvalue weighted by atomic mass is 10.0. The van der Waals surface area contributed by atoms with Gasteiger partial charge in [0.15, 0.2) is 0 Å². The van der Waals surface area contributed by atoms with Gasteiger partial charge in [-0.05, 0) is 48.2 Å². The Kier molecular flexibility index (Phi) is 6.24. The molecular formula is C23H25N3O3. The number of carbonyl (C=O) groups excluding carboxylic acids is 1. The summed E-state index contributed by atoms with van der Waals surface area (Å²) in [7, 11) is 0. The molecule has 2 N–H and O–H groups in total. The minimum absolute atomic E-state index is 0.0128. The van der Waals surface area contributed by atoms with Crippen molar-refractivity contribution in [2.45, 2.75) is 32.8 Å². The van der Waals surface area contributed by atoms with Crippen LogP contribution in [0.5, 0.6) is 0 Å². The monoisotopic (exact) mass is 391 g/mol. The Morgan fingerprint density at radius 3 is 2.62 bits per heavy atom. The summed E-state index contributed by atoms with van der Waals surface area (Å²) in [5, 5.41) is 12.9. The zero-order chi connectivity index (χ0) is 21.0. The van der Waals surface area contributed by atoms with Gasteiger partial charge >= 0.3 is 0 Å². The predicted molar refractivity (Wildman–Crippen MR) is 112 cm³/mol. The number of carbonyl (C=O) groups is 1. The fourth-order valence-electron chi connectivity index (χ4n) is 3.11. The molecule has 0 bridgehead atoms. The molecule has 0 aliphatic rings. The van der Waals surface area contributed by atoms with Crippen molar-refractivity contribution >= 4 is 5.91 Å². The van der Waals surface area contributed by atoms with E-state index in [2.05, 4.69) is 24.1 Å². The Hall–Kier alpha value is -3.25. The van der Waals surface area contributed by atoms with Crippen molar-refractivity contribution in [2.24, 2.45) is 0 Å². The lowest BCUT2D eigenvalue weighted by Crippen LogP contribution is -2.35. The number of aryl methyl sites for hydroxylation is 1. The quantitative estimate of drug-likeness (QED) is 0.676. The van der Waals surface area contributed by atoms with Gasteiger partial charge in [0, 0.05) is 36.4 Å². The van der Waals surface area contributed by atoms with E-state index in [1.165, 1.54) is 4.57 Å². The highest BCUT2D eigenvalue weighted by Crippen LogP contribution is 2.18. The van der Waals surface area contributed by atoms with E-state index in [9.17, 15) is 14.7 Å². The van der Waals surface area contributed by atoms with Crippen molar-refractivity contribution in [1.82, 2.24) is 14.9 Å². The normalized spacial score (nSPS) is 12.0. The summed E-state index contributed by atoms with van der Waals surface area (Å²) < 4.78 is 1.48. The number of hydrogen-bond acceptors (Lipinski definition) is 4. The molecule has 2 aromatic heterocycles. The Morgan fingerprint density at radius 2 is 1.93 bits per heavy atom. The van der Waals surface area contributed by atoms with E-state index in [0.29, 0.717) is 22.7 Å². The average Bonchev–Trinajstić information content (AvgIpc) is 2.72. The second kappa shape index (κ2) is 8.84. The maximum atomic E-state index is 13.1. The van der Waals surface area contributed by atoms with Crippen molar-refractivity contribution in [1.29, 1.82) is 0 Å². The van der Waals surface area contributed by atoms with E-state index >= 15 is 0 Å². The molecule has 1 aromatic carbocycles. The molecule has 0 aliphatic carbocycles. The molecule has 0 fully saturated rings. The highest BCUT2D eigenvalue weighted by atomic mass is 16.3. The zero-order valence-corrected chi connectivity index (χ0v) is 16.8. The van der Waals surface area contributed by atoms with Crippen molar-refractivity contribution in [3.05, 3.63) is 93.7 Å². The highest BCUT2D eigenvalue weighted by molar-refractivity contribution is 5.95. The van der Waals surface area contributed by atoms with Gasteiger partial charge in [-0.25, -0.2) is 0 Å². The lowest BCUT2D eigenvalue weighted by molar-refractivity contribution is 0.0913. The molecule has 3 aromatic rings. The van der Waals surface area contributed by atoms with E-state index in [1.54, 1.807) is 43.7 Å². The number of aliphatic hydroxyl groups excluding tert-OH is 1. The molecule has 6 heteroatoms. The molecule has 3 rings (SSSR count). The largest absolute Gasteiger partial charge is 0.387 e. The molecule has 0 saturated carbocycles. The van der Waals surface area contributed by atoms with Crippen LogP contribution in [0.1, 0.15) is 52.9 Å². The number of rotatable bonds is 6. The molecule has 0 saturated heterocycles. The Labute approximate surface area is 169 Å². The van der Waals surface area contributed by atoms with Gasteiger partial charge in [-0.15, -0.1) is 0 Å². The number of aromatic nitrogens is 2. The summed E-state index contributed by atoms with van der Waals surface area (Å²) in [6, 6.07) is 12.9. The number of hydrogen-bond donors (Lipinski definition) is 2. The number of nitrogens with zero attached hydrogens (tertiary/aromatic N) is 2. The first kappa shape index (κ1) is 20.5. The molecule has 29 heavy (non-hydrogen) atoms. The molecule has 0 radical (unpaired) electrons. The number of nitrogens with one attached hydrogen (secondary N) is 1. The van der Waals surface area contributed by atoms with Crippen LogP contribution in [0.3, 0.4) is 0 Å². The molecule has 0 aliphatic heterocycles. The van der Waals surface area contributed by atoms with Gasteiger partial charge in [0.25, 0.3) is 11.5 Å². The van der Waals surface area contributed by atoms with Crippen molar-refractivity contribution in [2.75, 3.05) is 6.54 Å². The lowest BCUT2D eigenvalue weighted by Gasteiger charge is -2.15. The second-order valence-corrected chi connectivity index (χ2v) is 7.31. The van der Waals surface area contributed by atoms with E-state index in [4.69, 9.17) is 0 Å². The molecular weight excluding hydrogens is 366 g/mol. The number of pyridine rings is 2. The first-order valence-corrected chi connectivity index (χ1v) is 9.57. The predicted octanol–water partition coefficient (Wildman–Crippen LogP) is 3.13. The van der Waals surface area contributed by atoms with Crippen molar-refractivity contribution < 1.29 is 9.90 Å². The molecule has 150 valence electrons. The molecule has 1 amide bonds. The first-order valence-electron chi connectivity index (χ1n) is 9.57. The van der Waals surface area contributed by atoms with Gasteiger partial charge in [-0.2, -0.15) is 0 Å². The maximum Gasteiger partial charge on any atom is 0.268 e.